The number of hydrogen-bond acceptors (Lipinski definition) is 2. The Bertz CT molecular complexity index is 872. The van der Waals surface area contributed by atoms with Crippen molar-refractivity contribution >= 4 is 22.4 Å². The number of fused-ring (bicyclic) bond motifs is 1. The number of carbonyl (C=O) groups is 1. The summed E-state index contributed by atoms with van der Waals surface area (Å²) in [7, 11) is 0. The molecule has 1 heterocycles. The van der Waals surface area contributed by atoms with Gasteiger partial charge in [0.2, 0.25) is 0 Å². The topological polar surface area (TPSA) is 42.0 Å². The molecule has 3 nitrogen and oxygen atoms in total. The van der Waals surface area contributed by atoms with E-state index in [0.29, 0.717) is 5.39 Å². The first kappa shape index (κ1) is 14.1. The van der Waals surface area contributed by atoms with Crippen molar-refractivity contribution in [2.24, 2.45) is 0 Å². The number of anilines is 1. The molecular weight excluding hydrogens is 286 g/mol. The van der Waals surface area contributed by atoms with Gasteiger partial charge in [0, 0.05) is 17.6 Å². The normalized spacial score (nSPS) is 10.7. The van der Waals surface area contributed by atoms with Crippen LogP contribution in [0.4, 0.5) is 14.5 Å². The highest BCUT2D eigenvalue weighted by molar-refractivity contribution is 6.11. The number of pyridine rings is 1. The van der Waals surface area contributed by atoms with Crippen LogP contribution in [-0.2, 0) is 0 Å². The van der Waals surface area contributed by atoms with Crippen LogP contribution in [0, 0.1) is 18.6 Å². The average Bonchev–Trinajstić information content (AvgIpc) is 2.52. The Balaban J connectivity index is 1.99. The largest absolute Gasteiger partial charge is 0.318 e. The van der Waals surface area contributed by atoms with Gasteiger partial charge in [-0.05, 0) is 30.0 Å². The number of aryl methyl sites for hydroxylation is 1. The van der Waals surface area contributed by atoms with E-state index in [-0.39, 0.29) is 16.9 Å². The van der Waals surface area contributed by atoms with E-state index >= 15 is 0 Å². The molecule has 22 heavy (non-hydrogen) atoms. The quantitative estimate of drug-likeness (QED) is 0.774. The number of amides is 1. The Kier molecular flexibility index (Phi) is 3.55. The van der Waals surface area contributed by atoms with E-state index < -0.39 is 17.5 Å². The van der Waals surface area contributed by atoms with Crippen molar-refractivity contribution in [3.63, 3.8) is 0 Å². The number of nitrogens with zero attached hydrogens (tertiary/aromatic N) is 1. The molecule has 1 aromatic heterocycles. The van der Waals surface area contributed by atoms with Gasteiger partial charge in [-0.3, -0.25) is 9.78 Å². The third-order valence-electron chi connectivity index (χ3n) is 3.39. The van der Waals surface area contributed by atoms with Gasteiger partial charge in [0.25, 0.3) is 5.91 Å². The Morgan fingerprint density at radius 1 is 1.09 bits per heavy atom. The second-order valence-electron chi connectivity index (χ2n) is 4.92. The minimum Gasteiger partial charge on any atom is -0.318 e. The molecule has 3 aromatic rings. The Morgan fingerprint density at radius 2 is 1.86 bits per heavy atom. The summed E-state index contributed by atoms with van der Waals surface area (Å²) in [6.07, 6.45) is 1.50. The molecule has 0 atom stereocenters. The van der Waals surface area contributed by atoms with Crippen molar-refractivity contribution < 1.29 is 13.6 Å². The van der Waals surface area contributed by atoms with Crippen molar-refractivity contribution in [2.75, 3.05) is 5.32 Å². The number of carbonyl (C=O) groups excluding carboxylic acids is 1. The van der Waals surface area contributed by atoms with Crippen LogP contribution in [-0.4, -0.2) is 10.9 Å². The fourth-order valence-electron chi connectivity index (χ4n) is 2.22. The molecule has 0 saturated carbocycles. The van der Waals surface area contributed by atoms with Crippen LogP contribution in [0.2, 0.25) is 0 Å². The summed E-state index contributed by atoms with van der Waals surface area (Å²) in [5.74, 6) is -1.85. The molecule has 3 rings (SSSR count). The molecule has 0 aliphatic rings. The maximum absolute atomic E-state index is 13.8. The molecule has 0 aliphatic carbocycles. The zero-order valence-corrected chi connectivity index (χ0v) is 11.7. The summed E-state index contributed by atoms with van der Waals surface area (Å²) in [6.45, 7) is 1.45. The monoisotopic (exact) mass is 298 g/mol. The van der Waals surface area contributed by atoms with Crippen molar-refractivity contribution in [3.05, 3.63) is 71.6 Å². The van der Waals surface area contributed by atoms with E-state index in [1.807, 2.05) is 12.1 Å². The lowest BCUT2D eigenvalue weighted by Gasteiger charge is -2.09. The van der Waals surface area contributed by atoms with Gasteiger partial charge in [0.05, 0.1) is 5.69 Å². The van der Waals surface area contributed by atoms with Crippen LogP contribution in [0.5, 0.6) is 0 Å². The third-order valence-corrected chi connectivity index (χ3v) is 3.39. The number of nitrogens with one attached hydrogen (secondary N) is 1. The lowest BCUT2D eigenvalue weighted by molar-refractivity contribution is 0.102. The molecule has 0 aliphatic heterocycles. The summed E-state index contributed by atoms with van der Waals surface area (Å²) in [6, 6.07) is 11.0. The fraction of sp³-hybridized carbons (Fsp3) is 0.0588. The van der Waals surface area contributed by atoms with Crippen LogP contribution < -0.4 is 5.32 Å². The number of rotatable bonds is 2. The minimum absolute atomic E-state index is 0.165. The summed E-state index contributed by atoms with van der Waals surface area (Å²) >= 11 is 0. The first-order valence-electron chi connectivity index (χ1n) is 6.67. The van der Waals surface area contributed by atoms with Gasteiger partial charge in [0.1, 0.15) is 17.3 Å². The Labute approximate surface area is 125 Å². The lowest BCUT2D eigenvalue weighted by atomic mass is 10.1. The highest BCUT2D eigenvalue weighted by Crippen LogP contribution is 2.21. The third kappa shape index (κ3) is 2.53. The second-order valence-corrected chi connectivity index (χ2v) is 4.92. The second kappa shape index (κ2) is 5.52. The summed E-state index contributed by atoms with van der Waals surface area (Å²) < 4.78 is 27.4. The molecule has 110 valence electrons. The van der Waals surface area contributed by atoms with Crippen molar-refractivity contribution in [3.8, 4) is 0 Å². The van der Waals surface area contributed by atoms with Crippen molar-refractivity contribution in [1.29, 1.82) is 0 Å². The highest BCUT2D eigenvalue weighted by atomic mass is 19.1. The van der Waals surface area contributed by atoms with E-state index in [0.717, 1.165) is 17.5 Å². The van der Waals surface area contributed by atoms with Gasteiger partial charge in [-0.25, -0.2) is 8.78 Å². The smallest absolute Gasteiger partial charge is 0.274 e. The molecule has 0 unspecified atom stereocenters. The molecule has 1 N–H and O–H groups in total. The Hall–Kier alpha value is -2.82. The molecule has 0 fully saturated rings. The maximum Gasteiger partial charge on any atom is 0.274 e. The van der Waals surface area contributed by atoms with Crippen LogP contribution in [0.15, 0.2) is 48.7 Å². The molecule has 1 amide bonds. The van der Waals surface area contributed by atoms with Crippen LogP contribution in [0.25, 0.3) is 10.8 Å². The predicted molar refractivity (Wildman–Crippen MR) is 80.8 cm³/mol. The van der Waals surface area contributed by atoms with Gasteiger partial charge < -0.3 is 5.32 Å². The van der Waals surface area contributed by atoms with E-state index in [4.69, 9.17) is 0 Å². The van der Waals surface area contributed by atoms with E-state index in [2.05, 4.69) is 10.3 Å². The Morgan fingerprint density at radius 3 is 2.68 bits per heavy atom. The fourth-order valence-corrected chi connectivity index (χ4v) is 2.22. The highest BCUT2D eigenvalue weighted by Gasteiger charge is 2.15. The molecule has 0 saturated heterocycles. The molecule has 5 heteroatoms. The van der Waals surface area contributed by atoms with Crippen LogP contribution in [0.3, 0.4) is 0 Å². The van der Waals surface area contributed by atoms with E-state index in [1.54, 1.807) is 18.2 Å². The van der Waals surface area contributed by atoms with E-state index in [9.17, 15) is 13.6 Å². The molecule has 0 bridgehead atoms. The van der Waals surface area contributed by atoms with Gasteiger partial charge >= 0.3 is 0 Å². The molecule has 0 radical (unpaired) electrons. The van der Waals surface area contributed by atoms with E-state index in [1.165, 1.54) is 13.1 Å². The number of aromatic nitrogens is 1. The van der Waals surface area contributed by atoms with Gasteiger partial charge in [-0.15, -0.1) is 0 Å². The van der Waals surface area contributed by atoms with Gasteiger partial charge in [-0.2, -0.15) is 0 Å². The van der Waals surface area contributed by atoms with Crippen LogP contribution in [0.1, 0.15) is 16.1 Å². The maximum atomic E-state index is 13.8. The van der Waals surface area contributed by atoms with Crippen LogP contribution >= 0.6 is 0 Å². The first-order valence-corrected chi connectivity index (χ1v) is 6.67. The lowest BCUT2D eigenvalue weighted by Crippen LogP contribution is -2.15. The summed E-state index contributed by atoms with van der Waals surface area (Å²) in [5.41, 5.74) is 0.139. The minimum atomic E-state index is -0.688. The average molecular weight is 298 g/mol. The first-order chi connectivity index (χ1) is 10.6. The van der Waals surface area contributed by atoms with Crippen molar-refractivity contribution in [1.82, 2.24) is 4.98 Å². The van der Waals surface area contributed by atoms with Gasteiger partial charge in [-0.1, -0.05) is 24.3 Å². The zero-order valence-electron chi connectivity index (χ0n) is 11.7. The standard InChI is InChI=1S/C17H12F2N2O/c1-10-8-14(19)15(9-13(10)18)21-17(22)16-12-5-3-2-4-11(12)6-7-20-16/h2-9H,1H3,(H,21,22). The number of halogens is 2. The SMILES string of the molecule is Cc1cc(F)c(NC(=O)c2nccc3ccccc23)cc1F. The number of hydrogen-bond donors (Lipinski definition) is 1. The zero-order chi connectivity index (χ0) is 15.7. The molecule has 0 spiro atoms. The molecular formula is C17H12F2N2O. The number of benzene rings is 2. The van der Waals surface area contributed by atoms with Crippen molar-refractivity contribution in [2.45, 2.75) is 6.92 Å². The van der Waals surface area contributed by atoms with Gasteiger partial charge in [0.15, 0.2) is 0 Å². The molecule has 2 aromatic carbocycles. The predicted octanol–water partition coefficient (Wildman–Crippen LogP) is 4.07. The summed E-state index contributed by atoms with van der Waals surface area (Å²) in [5, 5.41) is 3.86. The summed E-state index contributed by atoms with van der Waals surface area (Å²) in [4.78, 5) is 16.4.